The van der Waals surface area contributed by atoms with Crippen molar-refractivity contribution in [3.8, 4) is 0 Å². The van der Waals surface area contributed by atoms with Crippen LogP contribution in [0.5, 0.6) is 0 Å². The lowest BCUT2D eigenvalue weighted by atomic mass is 10.1. The van der Waals surface area contributed by atoms with Crippen molar-refractivity contribution in [2.24, 2.45) is 0 Å². The first-order valence-electron chi connectivity index (χ1n) is 10.5. The molecule has 1 heterocycles. The van der Waals surface area contributed by atoms with E-state index in [4.69, 9.17) is 13.9 Å². The molecule has 0 fully saturated rings. The number of furan rings is 1. The quantitative estimate of drug-likeness (QED) is 0.394. The number of aryl methyl sites for hydroxylation is 2. The van der Waals surface area contributed by atoms with Crippen LogP contribution in [0.4, 0.5) is 4.39 Å². The second kappa shape index (κ2) is 12.4. The van der Waals surface area contributed by atoms with Gasteiger partial charge in [0, 0.05) is 31.4 Å². The molecule has 2 aromatic carbocycles. The van der Waals surface area contributed by atoms with Crippen molar-refractivity contribution in [2.75, 3.05) is 46.6 Å². The van der Waals surface area contributed by atoms with Crippen molar-refractivity contribution in [3.05, 3.63) is 71.2 Å². The Morgan fingerprint density at radius 1 is 0.833 bits per heavy atom. The Labute approximate surface area is 177 Å². The van der Waals surface area contributed by atoms with Crippen molar-refractivity contribution < 1.29 is 18.3 Å². The highest BCUT2D eigenvalue weighted by Crippen LogP contribution is 2.22. The summed E-state index contributed by atoms with van der Waals surface area (Å²) in [6.07, 6.45) is 1.62. The Hall–Kier alpha value is -2.25. The van der Waals surface area contributed by atoms with Crippen molar-refractivity contribution in [1.29, 1.82) is 0 Å². The van der Waals surface area contributed by atoms with E-state index in [2.05, 4.69) is 34.9 Å². The van der Waals surface area contributed by atoms with Crippen LogP contribution in [-0.2, 0) is 28.9 Å². The standard InChI is InChI=1S/C24H31FN2O3/c1-26-10-12-28-14-15-29-13-11-27-18-20-2-6-21-17-23(30-24(21)16-20)9-5-19-3-7-22(25)8-4-19/h2-4,6-8,16-17,26-27H,5,9-15,18H2,1H3. The highest BCUT2D eigenvalue weighted by Gasteiger charge is 2.06. The van der Waals surface area contributed by atoms with Gasteiger partial charge in [0.05, 0.1) is 26.4 Å². The van der Waals surface area contributed by atoms with Gasteiger partial charge in [-0.1, -0.05) is 24.3 Å². The average Bonchev–Trinajstić information content (AvgIpc) is 3.17. The van der Waals surface area contributed by atoms with Gasteiger partial charge in [0.2, 0.25) is 0 Å². The number of benzene rings is 2. The van der Waals surface area contributed by atoms with Crippen molar-refractivity contribution in [3.63, 3.8) is 0 Å². The normalized spacial score (nSPS) is 11.4. The van der Waals surface area contributed by atoms with Gasteiger partial charge in [-0.3, -0.25) is 0 Å². The van der Waals surface area contributed by atoms with E-state index in [0.717, 1.165) is 54.8 Å². The number of nitrogens with one attached hydrogen (secondary N) is 2. The third kappa shape index (κ3) is 7.54. The van der Waals surface area contributed by atoms with Crippen LogP contribution >= 0.6 is 0 Å². The number of hydrogen-bond donors (Lipinski definition) is 2. The van der Waals surface area contributed by atoms with Crippen LogP contribution in [0.25, 0.3) is 11.0 Å². The highest BCUT2D eigenvalue weighted by molar-refractivity contribution is 5.78. The molecule has 2 N–H and O–H groups in total. The van der Waals surface area contributed by atoms with E-state index < -0.39 is 0 Å². The van der Waals surface area contributed by atoms with E-state index >= 15 is 0 Å². The Bertz CT molecular complexity index is 880. The van der Waals surface area contributed by atoms with Gasteiger partial charge in [-0.25, -0.2) is 4.39 Å². The predicted octanol–water partition coefficient (Wildman–Crippen LogP) is 3.70. The molecule has 0 saturated carbocycles. The number of halogens is 1. The molecule has 1 aromatic heterocycles. The molecule has 3 aromatic rings. The average molecular weight is 415 g/mol. The van der Waals surface area contributed by atoms with E-state index in [0.29, 0.717) is 26.4 Å². The maximum Gasteiger partial charge on any atom is 0.134 e. The molecule has 5 nitrogen and oxygen atoms in total. The molecular formula is C24H31FN2O3. The van der Waals surface area contributed by atoms with E-state index in [9.17, 15) is 4.39 Å². The van der Waals surface area contributed by atoms with Crippen molar-refractivity contribution in [1.82, 2.24) is 10.6 Å². The molecule has 6 heteroatoms. The Balaban J connectivity index is 1.36. The summed E-state index contributed by atoms with van der Waals surface area (Å²) < 4.78 is 30.0. The monoisotopic (exact) mass is 414 g/mol. The topological polar surface area (TPSA) is 55.7 Å². The fraction of sp³-hybridized carbons (Fsp3) is 0.417. The molecule has 0 bridgehead atoms. The Morgan fingerprint density at radius 2 is 1.57 bits per heavy atom. The molecule has 0 aliphatic rings. The van der Waals surface area contributed by atoms with Crippen LogP contribution in [0.1, 0.15) is 16.9 Å². The van der Waals surface area contributed by atoms with Crippen molar-refractivity contribution >= 4 is 11.0 Å². The van der Waals surface area contributed by atoms with Gasteiger partial charge in [-0.15, -0.1) is 0 Å². The van der Waals surface area contributed by atoms with Crippen LogP contribution in [0.2, 0.25) is 0 Å². The summed E-state index contributed by atoms with van der Waals surface area (Å²) in [6, 6.07) is 15.0. The van der Waals surface area contributed by atoms with E-state index in [1.165, 1.54) is 17.7 Å². The number of ether oxygens (including phenoxy) is 2. The fourth-order valence-corrected chi connectivity index (χ4v) is 3.16. The Kier molecular flexibility index (Phi) is 9.31. The van der Waals surface area contributed by atoms with Gasteiger partial charge in [0.25, 0.3) is 0 Å². The number of likely N-dealkylation sites (N-methyl/N-ethyl adjacent to an activating group) is 1. The lowest BCUT2D eigenvalue weighted by molar-refractivity contribution is 0.0503. The number of fused-ring (bicyclic) bond motifs is 1. The van der Waals surface area contributed by atoms with E-state index in [1.54, 1.807) is 0 Å². The zero-order chi connectivity index (χ0) is 21.0. The molecule has 162 valence electrons. The SMILES string of the molecule is CNCCOCCOCCNCc1ccc2cc(CCc3ccc(F)cc3)oc2c1. The smallest absolute Gasteiger partial charge is 0.134 e. The van der Waals surface area contributed by atoms with E-state index in [1.807, 2.05) is 19.2 Å². The summed E-state index contributed by atoms with van der Waals surface area (Å²) in [5.74, 6) is 0.745. The first-order valence-corrected chi connectivity index (χ1v) is 10.5. The van der Waals surface area contributed by atoms with Gasteiger partial charge < -0.3 is 24.5 Å². The van der Waals surface area contributed by atoms with E-state index in [-0.39, 0.29) is 5.82 Å². The second-order valence-electron chi connectivity index (χ2n) is 7.22. The molecule has 3 rings (SSSR count). The summed E-state index contributed by atoms with van der Waals surface area (Å²) in [5, 5.41) is 7.53. The molecule has 0 aliphatic carbocycles. The molecule has 0 atom stereocenters. The first-order chi connectivity index (χ1) is 14.7. The predicted molar refractivity (Wildman–Crippen MR) is 117 cm³/mol. The summed E-state index contributed by atoms with van der Waals surface area (Å²) in [7, 11) is 1.91. The molecule has 0 amide bonds. The van der Waals surface area contributed by atoms with Crippen LogP contribution in [0, 0.1) is 5.82 Å². The summed E-state index contributed by atoms with van der Waals surface area (Å²) >= 11 is 0. The molecule has 0 unspecified atom stereocenters. The third-order valence-corrected chi connectivity index (χ3v) is 4.83. The fourth-order valence-electron chi connectivity index (χ4n) is 3.16. The highest BCUT2D eigenvalue weighted by atomic mass is 19.1. The van der Waals surface area contributed by atoms with Crippen LogP contribution in [0.3, 0.4) is 0 Å². The van der Waals surface area contributed by atoms with Crippen LogP contribution < -0.4 is 10.6 Å². The Morgan fingerprint density at radius 3 is 2.33 bits per heavy atom. The lowest BCUT2D eigenvalue weighted by Gasteiger charge is -2.07. The molecule has 0 saturated heterocycles. The molecule has 0 aliphatic heterocycles. The third-order valence-electron chi connectivity index (χ3n) is 4.83. The van der Waals surface area contributed by atoms with Gasteiger partial charge >= 0.3 is 0 Å². The maximum absolute atomic E-state index is 13.0. The summed E-state index contributed by atoms with van der Waals surface area (Å²) in [6.45, 7) is 5.02. The van der Waals surface area contributed by atoms with Gasteiger partial charge in [-0.05, 0) is 48.9 Å². The summed E-state index contributed by atoms with van der Waals surface area (Å²) in [4.78, 5) is 0. The van der Waals surface area contributed by atoms with Crippen molar-refractivity contribution in [2.45, 2.75) is 19.4 Å². The minimum Gasteiger partial charge on any atom is -0.461 e. The van der Waals surface area contributed by atoms with Gasteiger partial charge in [0.1, 0.15) is 17.2 Å². The maximum atomic E-state index is 13.0. The largest absolute Gasteiger partial charge is 0.461 e. The number of rotatable bonds is 14. The zero-order valence-electron chi connectivity index (χ0n) is 17.6. The summed E-state index contributed by atoms with van der Waals surface area (Å²) in [5.41, 5.74) is 3.18. The van der Waals surface area contributed by atoms with Crippen LogP contribution in [0.15, 0.2) is 52.9 Å². The molecule has 30 heavy (non-hydrogen) atoms. The number of hydrogen-bond acceptors (Lipinski definition) is 5. The lowest BCUT2D eigenvalue weighted by Crippen LogP contribution is -2.21. The molecular weight excluding hydrogens is 383 g/mol. The minimum absolute atomic E-state index is 0.204. The van der Waals surface area contributed by atoms with Gasteiger partial charge in [0.15, 0.2) is 0 Å². The molecule has 0 radical (unpaired) electrons. The first kappa shape index (κ1) is 22.4. The second-order valence-corrected chi connectivity index (χ2v) is 7.22. The van der Waals surface area contributed by atoms with Gasteiger partial charge in [-0.2, -0.15) is 0 Å². The zero-order valence-corrected chi connectivity index (χ0v) is 17.6. The minimum atomic E-state index is -0.204. The molecule has 0 spiro atoms. The van der Waals surface area contributed by atoms with Crippen LogP contribution in [-0.4, -0.2) is 46.6 Å².